The second-order valence-corrected chi connectivity index (χ2v) is 35.7. The number of aryl methyl sites for hydroxylation is 6. The molecule has 15 nitrogen and oxygen atoms in total. The molecule has 0 bridgehead atoms. The topological polar surface area (TPSA) is 197 Å². The molecule has 0 aliphatic carbocycles. The molecular weight excluding hydrogens is 1180 g/mol. The van der Waals surface area contributed by atoms with Gasteiger partial charge >= 0.3 is 245 Å². The fraction of sp³-hybridized carbons (Fsp3) is 0.726. The summed E-state index contributed by atoms with van der Waals surface area (Å²) in [7, 11) is 5.27. The molecule has 0 unspecified atom stereocenters. The van der Waals surface area contributed by atoms with E-state index < -0.39 is 108 Å². The quantitative estimate of drug-likeness (QED) is 0.0362. The molecule has 3 heterocycles. The number of hydrogen-bond donors (Lipinski definition) is 5. The summed E-state index contributed by atoms with van der Waals surface area (Å²) in [6.07, 6.45) is 0.273. The molecule has 17 heteroatoms. The van der Waals surface area contributed by atoms with Gasteiger partial charge in [0.2, 0.25) is 0 Å². The molecule has 510 valence electrons. The van der Waals surface area contributed by atoms with Crippen LogP contribution in [0.1, 0.15) is 193 Å². The Bertz CT molecular complexity index is 2650. The number of esters is 1. The number of nitrogens with zero attached hydrogens (tertiary/aromatic N) is 2. The minimum Gasteiger partial charge on any atom is -0.388 e. The van der Waals surface area contributed by atoms with Crippen molar-refractivity contribution in [3.8, 4) is 0 Å². The Balaban J connectivity index is 1.17. The summed E-state index contributed by atoms with van der Waals surface area (Å²) in [6, 6.07) is 19.5. The first kappa shape index (κ1) is 75.9. The molecular formula is C73H118ClN2O13P. The molecule has 3 aromatic carbocycles. The monoisotopic (exact) mass is 1300 g/mol. The Morgan fingerprint density at radius 3 is 1.64 bits per heavy atom. The van der Waals surface area contributed by atoms with Gasteiger partial charge < -0.3 is 63.8 Å². The molecule has 3 aliphatic rings. The zero-order valence-electron chi connectivity index (χ0n) is 58.4. The van der Waals surface area contributed by atoms with Gasteiger partial charge in [0.15, 0.2) is 12.6 Å². The van der Waals surface area contributed by atoms with Crippen molar-refractivity contribution in [1.82, 2.24) is 9.80 Å². The van der Waals surface area contributed by atoms with E-state index in [1.165, 1.54) is 63.3 Å². The third kappa shape index (κ3) is 17.7. The van der Waals surface area contributed by atoms with Gasteiger partial charge in [-0.2, -0.15) is 0 Å². The molecule has 18 atom stereocenters. The molecule has 0 saturated carbocycles. The van der Waals surface area contributed by atoms with Crippen LogP contribution in [-0.2, 0) is 38.0 Å². The largest absolute Gasteiger partial charge is 0.388 e. The van der Waals surface area contributed by atoms with Crippen LogP contribution in [0, 0.1) is 59.3 Å². The maximum absolute atomic E-state index is 14.7. The van der Waals surface area contributed by atoms with Gasteiger partial charge in [0.25, 0.3) is 0 Å². The molecule has 0 radical (unpaired) electrons. The van der Waals surface area contributed by atoms with E-state index in [0.717, 1.165) is 57.5 Å². The van der Waals surface area contributed by atoms with E-state index in [9.17, 15) is 35.1 Å². The van der Waals surface area contributed by atoms with Gasteiger partial charge in [-0.1, -0.05) is 20.8 Å². The summed E-state index contributed by atoms with van der Waals surface area (Å²) in [5.74, 6) is -6.81. The van der Waals surface area contributed by atoms with Crippen molar-refractivity contribution in [1.29, 1.82) is 0 Å². The maximum Gasteiger partial charge on any atom is 0.126 e. The number of rotatable bonds is 22. The molecule has 3 aliphatic heterocycles. The van der Waals surface area contributed by atoms with E-state index >= 15 is 0 Å². The number of cyclic esters (lactones) is 1. The Morgan fingerprint density at radius 1 is 0.700 bits per heavy atom. The van der Waals surface area contributed by atoms with E-state index in [2.05, 4.69) is 96.1 Å². The average Bonchev–Trinajstić information content (AvgIpc) is 0.705. The van der Waals surface area contributed by atoms with Crippen LogP contribution >= 0.6 is 17.2 Å². The number of carbonyl (C=O) groups excluding carboxylic acids is 2. The molecule has 1 amide bonds. The molecule has 3 aromatic rings. The van der Waals surface area contributed by atoms with Gasteiger partial charge in [-0.05, 0) is 87.7 Å². The van der Waals surface area contributed by atoms with Gasteiger partial charge in [0, 0.05) is 32.0 Å². The normalized spacial score (nSPS) is 34.1. The summed E-state index contributed by atoms with van der Waals surface area (Å²) in [5.41, 5.74) is 2.48. The summed E-state index contributed by atoms with van der Waals surface area (Å²) in [6.45, 7) is 30.5. The Morgan fingerprint density at radius 2 is 1.18 bits per heavy atom. The zero-order chi connectivity index (χ0) is 67.0. The third-order valence-corrected chi connectivity index (χ3v) is 27.9. The molecule has 6 rings (SSSR count). The smallest absolute Gasteiger partial charge is 0.126 e. The van der Waals surface area contributed by atoms with Crippen molar-refractivity contribution in [2.24, 2.45) is 17.8 Å². The van der Waals surface area contributed by atoms with E-state index in [0.29, 0.717) is 12.8 Å². The molecule has 3 fully saturated rings. The standard InChI is InChI=1S/C73H118ClN2O13P/c1-20-61-73(16,83)66(79)55(12)76(62(77)30-28-26-24-22-21-23-25-27-29-31-90(74,57-35-45(2)32-46(3)36-57,58-37-47(4)33-48(5)38-58)59-39-49(6)34-50(7)40-59)44-51(8)42-71(14,82)68(89-70-64(78)60(75(17)18)41-52(9)85-70)53(10)65(54(11)69(81)87-61)88-63-43-72(15,84-19)67(80)56(13)86-63/h32-40,51-56,60-61,63-68,70,78-80,82-83H,20-31,41-44H2,1-19H3/t51-,52-,53+,54-,55-,56+,60+,61-,63+,64-,65+,66-,67+,68-,70+,71-,72-,73-/m1/s1. The number of benzene rings is 3. The predicted molar refractivity (Wildman–Crippen MR) is 364 cm³/mol. The Kier molecular flexibility index (Phi) is 26.7. The van der Waals surface area contributed by atoms with E-state index in [1.54, 1.807) is 53.4 Å². The van der Waals surface area contributed by atoms with Gasteiger partial charge in [-0.3, -0.25) is 9.59 Å². The summed E-state index contributed by atoms with van der Waals surface area (Å²) >= 11 is 8.74. The number of methoxy groups -OCH3 is 1. The minimum absolute atomic E-state index is 0.0641. The Hall–Kier alpha value is -3.12. The number of amides is 1. The Labute approximate surface area is 546 Å². The van der Waals surface area contributed by atoms with Crippen molar-refractivity contribution in [2.45, 2.75) is 291 Å². The number of halogens is 1. The predicted octanol–water partition coefficient (Wildman–Crippen LogP) is 11.2. The SMILES string of the molecule is CC[C@H]1OC(=O)[C@H](C)[C@@H](O[C@H]2C[C@@](C)(OC)[C@@H](O)[C@H](C)O2)[C@H](C)[C@@H](O[C@@H]2O[C@H](C)C[C@H](N(C)C)[C@H]2O)[C@](C)(O)C[C@@H](C)CN(C(=O)CCCCCCCCCCCP(Cl)(c2cc(C)cc(C)c2)(c2cc(C)cc(C)c2)c2cc(C)cc(C)c2)[C@H](C)[C@@H](O)[C@]1(C)O. The maximum atomic E-state index is 14.7. The van der Waals surface area contributed by atoms with E-state index in [1.807, 2.05) is 32.8 Å². The number of aliphatic hydroxyl groups excluding tert-OH is 3. The van der Waals surface area contributed by atoms with Gasteiger partial charge in [0.05, 0.1) is 47.6 Å². The molecule has 0 aromatic heterocycles. The molecule has 90 heavy (non-hydrogen) atoms. The number of carbonyl (C=O) groups is 2. The van der Waals surface area contributed by atoms with Crippen LogP contribution in [0.3, 0.4) is 0 Å². The number of hydrogen-bond acceptors (Lipinski definition) is 14. The number of unbranched alkanes of at least 4 members (excludes halogenated alkanes) is 8. The fourth-order valence-corrected chi connectivity index (χ4v) is 22.0. The van der Waals surface area contributed by atoms with Crippen LogP contribution in [-0.4, -0.2) is 171 Å². The van der Waals surface area contributed by atoms with Crippen molar-refractivity contribution in [3.63, 3.8) is 0 Å². The third-order valence-electron chi connectivity index (χ3n) is 20.4. The van der Waals surface area contributed by atoms with Crippen molar-refractivity contribution >= 4 is 45.0 Å². The van der Waals surface area contributed by atoms with Crippen molar-refractivity contribution in [3.05, 3.63) is 88.0 Å². The first-order chi connectivity index (χ1) is 42.0. The molecule has 0 spiro atoms. The average molecular weight is 1300 g/mol. The fourth-order valence-electron chi connectivity index (χ4n) is 15.4. The second kappa shape index (κ2) is 31.6. The minimum atomic E-state index is -3.50. The van der Waals surface area contributed by atoms with Crippen LogP contribution in [0.2, 0.25) is 0 Å². The number of aliphatic hydroxyl groups is 5. The molecule has 3 saturated heterocycles. The summed E-state index contributed by atoms with van der Waals surface area (Å²) in [4.78, 5) is 33.0. The second-order valence-electron chi connectivity index (χ2n) is 29.1. The number of likely N-dealkylation sites (N-methyl/N-ethyl adjacent to an activating group) is 1. The van der Waals surface area contributed by atoms with Crippen LogP contribution in [0.5, 0.6) is 0 Å². The van der Waals surface area contributed by atoms with E-state index in [4.69, 9.17) is 39.7 Å². The van der Waals surface area contributed by atoms with Crippen LogP contribution < -0.4 is 15.9 Å². The summed E-state index contributed by atoms with van der Waals surface area (Å²) in [5, 5.41) is 64.5. The van der Waals surface area contributed by atoms with Crippen LogP contribution in [0.25, 0.3) is 0 Å². The summed E-state index contributed by atoms with van der Waals surface area (Å²) < 4.78 is 38.4. The van der Waals surface area contributed by atoms with E-state index in [-0.39, 0.29) is 50.3 Å². The van der Waals surface area contributed by atoms with Gasteiger partial charge in [-0.25, -0.2) is 0 Å². The van der Waals surface area contributed by atoms with Crippen molar-refractivity contribution in [2.75, 3.05) is 33.9 Å². The van der Waals surface area contributed by atoms with Crippen molar-refractivity contribution < 1.29 is 63.5 Å². The zero-order valence-corrected chi connectivity index (χ0v) is 60.0. The van der Waals surface area contributed by atoms with Gasteiger partial charge in [0.1, 0.15) is 30.0 Å². The first-order valence-corrected chi connectivity index (χ1v) is 37.2. The van der Waals surface area contributed by atoms with Crippen LogP contribution in [0.15, 0.2) is 54.6 Å². The van der Waals surface area contributed by atoms with Crippen LogP contribution in [0.4, 0.5) is 0 Å². The first-order valence-electron chi connectivity index (χ1n) is 33.8. The molecule has 5 N–H and O–H groups in total. The number of ether oxygens (including phenoxy) is 6. The van der Waals surface area contributed by atoms with Gasteiger partial charge in [-0.15, -0.1) is 0 Å².